The summed E-state index contributed by atoms with van der Waals surface area (Å²) in [6.07, 6.45) is 3.37. The number of carbonyl (C=O) groups is 2. The van der Waals surface area contributed by atoms with Gasteiger partial charge in [-0.1, -0.05) is 20.8 Å². The van der Waals surface area contributed by atoms with E-state index in [9.17, 15) is 9.59 Å². The van der Waals surface area contributed by atoms with Crippen molar-refractivity contribution >= 4 is 12.0 Å². The van der Waals surface area contributed by atoms with Gasteiger partial charge in [0.2, 0.25) is 0 Å². The average Bonchev–Trinajstić information content (AvgIpc) is 2.23. The molecule has 0 aliphatic heterocycles. The summed E-state index contributed by atoms with van der Waals surface area (Å²) in [7, 11) is 0. The standard InChI is InChI=1S/C14H26N2O3/c1-9-4-10(2)6-12(5-9)16-14(19)15-8-11(3)7-13(17)18/h9-12H,4-8H2,1-3H3,(H,17,18)(H2,15,16,19). The second-order valence-electron chi connectivity index (χ2n) is 6.17. The average molecular weight is 270 g/mol. The Hall–Kier alpha value is -1.26. The van der Waals surface area contributed by atoms with Crippen molar-refractivity contribution in [3.63, 3.8) is 0 Å². The van der Waals surface area contributed by atoms with Gasteiger partial charge in [-0.05, 0) is 37.0 Å². The molecule has 0 aromatic carbocycles. The van der Waals surface area contributed by atoms with Gasteiger partial charge in [0.15, 0.2) is 0 Å². The van der Waals surface area contributed by atoms with Gasteiger partial charge in [0.1, 0.15) is 0 Å². The molecule has 3 atom stereocenters. The van der Waals surface area contributed by atoms with E-state index in [1.807, 2.05) is 6.92 Å². The summed E-state index contributed by atoms with van der Waals surface area (Å²) < 4.78 is 0. The molecule has 1 aliphatic carbocycles. The van der Waals surface area contributed by atoms with Gasteiger partial charge in [-0.15, -0.1) is 0 Å². The minimum atomic E-state index is -0.829. The van der Waals surface area contributed by atoms with E-state index in [4.69, 9.17) is 5.11 Å². The fourth-order valence-electron chi connectivity index (χ4n) is 2.94. The van der Waals surface area contributed by atoms with Crippen LogP contribution < -0.4 is 10.6 Å². The van der Waals surface area contributed by atoms with Crippen LogP contribution in [0.25, 0.3) is 0 Å². The van der Waals surface area contributed by atoms with Crippen LogP contribution in [0.1, 0.15) is 46.5 Å². The largest absolute Gasteiger partial charge is 0.481 e. The number of urea groups is 1. The summed E-state index contributed by atoms with van der Waals surface area (Å²) in [6, 6.07) is 0.0667. The summed E-state index contributed by atoms with van der Waals surface area (Å²) >= 11 is 0. The molecule has 2 amide bonds. The number of hydrogen-bond donors (Lipinski definition) is 3. The first-order valence-corrected chi connectivity index (χ1v) is 7.13. The molecule has 110 valence electrons. The van der Waals surface area contributed by atoms with Crippen molar-refractivity contribution in [3.05, 3.63) is 0 Å². The third-order valence-electron chi connectivity index (χ3n) is 3.65. The van der Waals surface area contributed by atoms with E-state index in [0.29, 0.717) is 18.4 Å². The monoisotopic (exact) mass is 270 g/mol. The molecule has 0 aromatic rings. The van der Waals surface area contributed by atoms with Crippen molar-refractivity contribution < 1.29 is 14.7 Å². The SMILES string of the molecule is CC(CNC(=O)NC1CC(C)CC(C)C1)CC(=O)O. The van der Waals surface area contributed by atoms with E-state index in [2.05, 4.69) is 24.5 Å². The molecule has 1 fully saturated rings. The van der Waals surface area contributed by atoms with Gasteiger partial charge in [-0.25, -0.2) is 4.79 Å². The summed E-state index contributed by atoms with van der Waals surface area (Å²) in [5.41, 5.74) is 0. The highest BCUT2D eigenvalue weighted by Crippen LogP contribution is 2.28. The number of aliphatic carboxylic acids is 1. The van der Waals surface area contributed by atoms with Gasteiger partial charge in [0, 0.05) is 19.0 Å². The molecule has 3 unspecified atom stereocenters. The minimum absolute atomic E-state index is 0.0487. The van der Waals surface area contributed by atoms with Crippen LogP contribution >= 0.6 is 0 Å². The van der Waals surface area contributed by atoms with Crippen molar-refractivity contribution in [2.24, 2.45) is 17.8 Å². The Morgan fingerprint density at radius 1 is 1.21 bits per heavy atom. The summed E-state index contributed by atoms with van der Waals surface area (Å²) in [5, 5.41) is 14.4. The molecule has 0 radical (unpaired) electrons. The first-order valence-electron chi connectivity index (χ1n) is 7.13. The number of carboxylic acid groups (broad SMARTS) is 1. The highest BCUT2D eigenvalue weighted by molar-refractivity contribution is 5.74. The highest BCUT2D eigenvalue weighted by atomic mass is 16.4. The lowest BCUT2D eigenvalue weighted by Gasteiger charge is -2.32. The van der Waals surface area contributed by atoms with Crippen LogP contribution in [0.2, 0.25) is 0 Å². The molecule has 5 heteroatoms. The van der Waals surface area contributed by atoms with Crippen LogP contribution in [-0.4, -0.2) is 29.7 Å². The van der Waals surface area contributed by atoms with Crippen LogP contribution in [-0.2, 0) is 4.79 Å². The Morgan fingerprint density at radius 3 is 2.32 bits per heavy atom. The normalized spacial score (nSPS) is 28.5. The topological polar surface area (TPSA) is 78.4 Å². The third kappa shape index (κ3) is 6.45. The Bertz CT molecular complexity index is 310. The quantitative estimate of drug-likeness (QED) is 0.716. The molecule has 0 spiro atoms. The Kier molecular flexibility index (Phi) is 6.12. The van der Waals surface area contributed by atoms with E-state index in [-0.39, 0.29) is 24.4 Å². The Balaban J connectivity index is 2.25. The van der Waals surface area contributed by atoms with Gasteiger partial charge in [-0.2, -0.15) is 0 Å². The maximum absolute atomic E-state index is 11.7. The van der Waals surface area contributed by atoms with Gasteiger partial charge in [0.05, 0.1) is 0 Å². The third-order valence-corrected chi connectivity index (χ3v) is 3.65. The van der Waals surface area contributed by atoms with Crippen LogP contribution in [0, 0.1) is 17.8 Å². The van der Waals surface area contributed by atoms with Gasteiger partial charge >= 0.3 is 12.0 Å². The molecule has 0 aromatic heterocycles. The van der Waals surface area contributed by atoms with Gasteiger partial charge in [-0.3, -0.25) is 4.79 Å². The second-order valence-corrected chi connectivity index (χ2v) is 6.17. The van der Waals surface area contributed by atoms with E-state index in [1.165, 1.54) is 6.42 Å². The highest BCUT2D eigenvalue weighted by Gasteiger charge is 2.25. The van der Waals surface area contributed by atoms with Crippen molar-refractivity contribution in [3.8, 4) is 0 Å². The zero-order valence-electron chi connectivity index (χ0n) is 12.1. The maximum atomic E-state index is 11.7. The molecule has 1 saturated carbocycles. The molecule has 0 heterocycles. The molecule has 3 N–H and O–H groups in total. The molecule has 5 nitrogen and oxygen atoms in total. The predicted octanol–water partition coefficient (Wildman–Crippen LogP) is 2.22. The van der Waals surface area contributed by atoms with Crippen molar-refractivity contribution in [1.82, 2.24) is 10.6 Å². The van der Waals surface area contributed by atoms with Crippen LogP contribution in [0.4, 0.5) is 4.79 Å². The number of nitrogens with one attached hydrogen (secondary N) is 2. The van der Waals surface area contributed by atoms with Gasteiger partial charge < -0.3 is 15.7 Å². The first kappa shape index (κ1) is 15.8. The minimum Gasteiger partial charge on any atom is -0.481 e. The van der Waals surface area contributed by atoms with E-state index >= 15 is 0 Å². The Labute approximate surface area is 115 Å². The van der Waals surface area contributed by atoms with Crippen molar-refractivity contribution in [2.45, 2.75) is 52.5 Å². The lowest BCUT2D eigenvalue weighted by molar-refractivity contribution is -0.137. The summed E-state index contributed by atoms with van der Waals surface area (Å²) in [4.78, 5) is 22.3. The fourth-order valence-corrected chi connectivity index (χ4v) is 2.94. The zero-order chi connectivity index (χ0) is 14.4. The molecular formula is C14H26N2O3. The molecular weight excluding hydrogens is 244 g/mol. The second kappa shape index (κ2) is 7.36. The van der Waals surface area contributed by atoms with Crippen molar-refractivity contribution in [2.75, 3.05) is 6.54 Å². The molecule has 1 rings (SSSR count). The lowest BCUT2D eigenvalue weighted by Crippen LogP contribution is -2.46. The predicted molar refractivity (Wildman–Crippen MR) is 73.9 cm³/mol. The molecule has 0 saturated heterocycles. The van der Waals surface area contributed by atoms with Crippen LogP contribution in [0.3, 0.4) is 0 Å². The summed E-state index contributed by atoms with van der Waals surface area (Å²) in [6.45, 7) is 6.66. The smallest absolute Gasteiger partial charge is 0.315 e. The number of carboxylic acids is 1. The first-order chi connectivity index (χ1) is 8.86. The van der Waals surface area contributed by atoms with E-state index < -0.39 is 5.97 Å². The van der Waals surface area contributed by atoms with E-state index in [0.717, 1.165) is 12.8 Å². The zero-order valence-corrected chi connectivity index (χ0v) is 12.1. The Morgan fingerprint density at radius 2 is 1.79 bits per heavy atom. The van der Waals surface area contributed by atoms with Crippen LogP contribution in [0.5, 0.6) is 0 Å². The van der Waals surface area contributed by atoms with Crippen molar-refractivity contribution in [1.29, 1.82) is 0 Å². The fraction of sp³-hybridized carbons (Fsp3) is 0.857. The lowest BCUT2D eigenvalue weighted by atomic mass is 9.80. The number of amides is 2. The summed E-state index contributed by atoms with van der Waals surface area (Å²) in [5.74, 6) is 0.428. The molecule has 1 aliphatic rings. The maximum Gasteiger partial charge on any atom is 0.315 e. The van der Waals surface area contributed by atoms with Crippen LogP contribution in [0.15, 0.2) is 0 Å². The van der Waals surface area contributed by atoms with E-state index in [1.54, 1.807) is 0 Å². The molecule has 0 bridgehead atoms. The number of rotatable bonds is 5. The van der Waals surface area contributed by atoms with Gasteiger partial charge in [0.25, 0.3) is 0 Å². The molecule has 19 heavy (non-hydrogen) atoms. The number of hydrogen-bond acceptors (Lipinski definition) is 2. The number of carbonyl (C=O) groups excluding carboxylic acids is 1.